The summed E-state index contributed by atoms with van der Waals surface area (Å²) in [6, 6.07) is 9.49. The molecule has 1 amide bonds. The number of nitrogens with zero attached hydrogens (tertiary/aromatic N) is 3. The van der Waals surface area contributed by atoms with Crippen LogP contribution in [0.25, 0.3) is 10.9 Å². The topological polar surface area (TPSA) is 108 Å². The highest BCUT2D eigenvalue weighted by molar-refractivity contribution is 5.94. The van der Waals surface area contributed by atoms with Gasteiger partial charge in [-0.25, -0.2) is 4.98 Å². The van der Waals surface area contributed by atoms with Crippen molar-refractivity contribution in [3.8, 4) is 0 Å². The molecule has 0 unspecified atom stereocenters. The smallest absolute Gasteiger partial charge is 0.269 e. The van der Waals surface area contributed by atoms with Crippen molar-refractivity contribution in [3.63, 3.8) is 0 Å². The molecule has 0 fully saturated rings. The second-order valence-corrected chi connectivity index (χ2v) is 6.30. The highest BCUT2D eigenvalue weighted by Gasteiger charge is 2.13. The number of nitrogens with one attached hydrogen (secondary N) is 4. The highest BCUT2D eigenvalue weighted by atomic mass is 16.1. The summed E-state index contributed by atoms with van der Waals surface area (Å²) in [5, 5.41) is 17.3. The minimum Gasteiger partial charge on any atom is -0.354 e. The van der Waals surface area contributed by atoms with Gasteiger partial charge in [-0.1, -0.05) is 25.0 Å². The summed E-state index contributed by atoms with van der Waals surface area (Å²) in [7, 11) is 0. The lowest BCUT2D eigenvalue weighted by Crippen LogP contribution is -2.24. The van der Waals surface area contributed by atoms with Crippen molar-refractivity contribution in [1.82, 2.24) is 25.5 Å². The van der Waals surface area contributed by atoms with Crippen molar-refractivity contribution >= 4 is 34.4 Å². The monoisotopic (exact) mass is 351 g/mol. The molecule has 8 heteroatoms. The maximum Gasteiger partial charge on any atom is 0.269 e. The number of H-pyrrole nitrogens is 1. The molecule has 1 aromatic carbocycles. The van der Waals surface area contributed by atoms with Crippen molar-refractivity contribution in [3.05, 3.63) is 36.0 Å². The Morgan fingerprint density at radius 2 is 1.73 bits per heavy atom. The number of anilines is 3. The zero-order chi connectivity index (χ0) is 17.8. The van der Waals surface area contributed by atoms with Crippen LogP contribution in [0.1, 0.15) is 36.2 Å². The van der Waals surface area contributed by atoms with Gasteiger partial charge in [0.25, 0.3) is 5.91 Å². The standard InChI is InChI=1S/C18H21N7O/c26-17-14-11-15(25-24-14)22-16-12-7-3-4-8-13(12)21-18(23-16)20-10-6-2-1-5-9-19-17/h3-4,7-8,11H,1-2,5-6,9-10H2,(H,19,26)(H3,20,21,22,23,24,25). The first-order chi connectivity index (χ1) is 12.8. The van der Waals surface area contributed by atoms with Crippen LogP contribution >= 0.6 is 0 Å². The van der Waals surface area contributed by atoms with Crippen molar-refractivity contribution in [2.45, 2.75) is 25.7 Å². The Kier molecular flexibility index (Phi) is 4.63. The van der Waals surface area contributed by atoms with Gasteiger partial charge in [0, 0.05) is 24.5 Å². The normalized spacial score (nSPS) is 15.8. The van der Waals surface area contributed by atoms with Crippen LogP contribution in [0, 0.1) is 0 Å². The third-order valence-electron chi connectivity index (χ3n) is 4.34. The van der Waals surface area contributed by atoms with Gasteiger partial charge in [-0.2, -0.15) is 10.1 Å². The number of carbonyl (C=O) groups excluding carboxylic acids is 1. The fourth-order valence-corrected chi connectivity index (χ4v) is 2.98. The highest BCUT2D eigenvalue weighted by Crippen LogP contribution is 2.24. The Labute approximate surface area is 150 Å². The van der Waals surface area contributed by atoms with E-state index in [9.17, 15) is 4.79 Å². The Bertz CT molecular complexity index is 921. The zero-order valence-corrected chi connectivity index (χ0v) is 14.4. The number of benzene rings is 1. The molecule has 3 heterocycles. The minimum atomic E-state index is -0.146. The third kappa shape index (κ3) is 3.58. The average Bonchev–Trinajstić information content (AvgIpc) is 3.12. The van der Waals surface area contributed by atoms with E-state index in [0.29, 0.717) is 29.8 Å². The van der Waals surface area contributed by atoms with E-state index >= 15 is 0 Å². The molecule has 3 aromatic rings. The number of amides is 1. The number of para-hydroxylation sites is 1. The van der Waals surface area contributed by atoms with E-state index in [0.717, 1.165) is 43.1 Å². The molecular weight excluding hydrogens is 330 g/mol. The van der Waals surface area contributed by atoms with Crippen LogP contribution in [0.2, 0.25) is 0 Å². The molecule has 4 bridgehead atoms. The summed E-state index contributed by atoms with van der Waals surface area (Å²) in [6.45, 7) is 1.48. The first-order valence-electron chi connectivity index (χ1n) is 8.91. The van der Waals surface area contributed by atoms with Crippen LogP contribution in [-0.4, -0.2) is 39.2 Å². The number of hydrogen-bond acceptors (Lipinski definition) is 6. The SMILES string of the molecule is O=C1NCCCCCCNc2nc(c3ccccc3n2)Nc2cc1[nH]n2. The molecule has 0 radical (unpaired) electrons. The molecule has 0 saturated carbocycles. The molecule has 1 aliphatic heterocycles. The van der Waals surface area contributed by atoms with E-state index < -0.39 is 0 Å². The van der Waals surface area contributed by atoms with Gasteiger partial charge in [-0.3, -0.25) is 9.89 Å². The number of aromatic nitrogens is 4. The maximum atomic E-state index is 12.2. The van der Waals surface area contributed by atoms with Crippen LogP contribution in [-0.2, 0) is 0 Å². The van der Waals surface area contributed by atoms with E-state index in [1.807, 2.05) is 24.3 Å². The van der Waals surface area contributed by atoms with Gasteiger partial charge >= 0.3 is 0 Å². The first-order valence-corrected chi connectivity index (χ1v) is 8.91. The number of aromatic amines is 1. The predicted molar refractivity (Wildman–Crippen MR) is 101 cm³/mol. The van der Waals surface area contributed by atoms with Crippen LogP contribution in [0.5, 0.6) is 0 Å². The van der Waals surface area contributed by atoms with E-state index in [1.165, 1.54) is 0 Å². The second kappa shape index (κ2) is 7.38. The van der Waals surface area contributed by atoms with Gasteiger partial charge in [0.2, 0.25) is 5.95 Å². The fraction of sp³-hybridized carbons (Fsp3) is 0.333. The van der Waals surface area contributed by atoms with Gasteiger partial charge in [-0.05, 0) is 25.0 Å². The van der Waals surface area contributed by atoms with Gasteiger partial charge in [-0.15, -0.1) is 0 Å². The molecule has 8 nitrogen and oxygen atoms in total. The summed E-state index contributed by atoms with van der Waals surface area (Å²) in [5.74, 6) is 1.64. The van der Waals surface area contributed by atoms with Crippen molar-refractivity contribution < 1.29 is 4.79 Å². The van der Waals surface area contributed by atoms with Crippen molar-refractivity contribution in [1.29, 1.82) is 0 Å². The molecule has 134 valence electrons. The second-order valence-electron chi connectivity index (χ2n) is 6.30. The molecule has 1 aliphatic rings. The largest absolute Gasteiger partial charge is 0.354 e. The fourth-order valence-electron chi connectivity index (χ4n) is 2.98. The van der Waals surface area contributed by atoms with Crippen LogP contribution in [0.4, 0.5) is 17.6 Å². The molecule has 4 rings (SSSR count). The lowest BCUT2D eigenvalue weighted by Gasteiger charge is -2.11. The number of hydrogen-bond donors (Lipinski definition) is 4. The summed E-state index contributed by atoms with van der Waals surface area (Å²) in [6.07, 6.45) is 4.16. The zero-order valence-electron chi connectivity index (χ0n) is 14.4. The van der Waals surface area contributed by atoms with E-state index in [4.69, 9.17) is 0 Å². The van der Waals surface area contributed by atoms with E-state index in [2.05, 4.69) is 36.1 Å². The third-order valence-corrected chi connectivity index (χ3v) is 4.34. The van der Waals surface area contributed by atoms with Crippen LogP contribution < -0.4 is 16.0 Å². The first kappa shape index (κ1) is 16.3. The molecule has 0 spiro atoms. The maximum absolute atomic E-state index is 12.2. The van der Waals surface area contributed by atoms with Crippen molar-refractivity contribution in [2.75, 3.05) is 23.7 Å². The lowest BCUT2D eigenvalue weighted by atomic mass is 10.2. The number of carbonyl (C=O) groups is 1. The Balaban J connectivity index is 1.70. The minimum absolute atomic E-state index is 0.146. The van der Waals surface area contributed by atoms with E-state index in [1.54, 1.807) is 6.07 Å². The molecule has 0 aliphatic carbocycles. The van der Waals surface area contributed by atoms with Gasteiger partial charge < -0.3 is 16.0 Å². The summed E-state index contributed by atoms with van der Waals surface area (Å²) >= 11 is 0. The molecular formula is C18H21N7O. The molecule has 0 atom stereocenters. The summed E-state index contributed by atoms with van der Waals surface area (Å²) in [5.41, 5.74) is 1.28. The van der Waals surface area contributed by atoms with Gasteiger partial charge in [0.15, 0.2) is 5.82 Å². The number of rotatable bonds is 0. The van der Waals surface area contributed by atoms with E-state index in [-0.39, 0.29) is 5.91 Å². The quantitative estimate of drug-likeness (QED) is 0.496. The van der Waals surface area contributed by atoms with Crippen LogP contribution in [0.3, 0.4) is 0 Å². The summed E-state index contributed by atoms with van der Waals surface area (Å²) < 4.78 is 0. The molecule has 0 saturated heterocycles. The Morgan fingerprint density at radius 3 is 2.62 bits per heavy atom. The van der Waals surface area contributed by atoms with Crippen molar-refractivity contribution in [2.24, 2.45) is 0 Å². The molecule has 4 N–H and O–H groups in total. The Hall–Kier alpha value is -3.16. The average molecular weight is 351 g/mol. The lowest BCUT2D eigenvalue weighted by molar-refractivity contribution is 0.0948. The predicted octanol–water partition coefficient (Wildman–Crippen LogP) is 2.81. The molecule has 26 heavy (non-hydrogen) atoms. The summed E-state index contributed by atoms with van der Waals surface area (Å²) in [4.78, 5) is 21.4. The van der Waals surface area contributed by atoms with Gasteiger partial charge in [0.05, 0.1) is 5.52 Å². The Morgan fingerprint density at radius 1 is 0.923 bits per heavy atom. The van der Waals surface area contributed by atoms with Gasteiger partial charge in [0.1, 0.15) is 11.5 Å². The number of fused-ring (bicyclic) bond motifs is 6. The molecule has 2 aromatic heterocycles. The van der Waals surface area contributed by atoms with Crippen LogP contribution in [0.15, 0.2) is 30.3 Å².